The van der Waals surface area contributed by atoms with E-state index in [2.05, 4.69) is 32.2 Å². The molecule has 1 aromatic rings. The summed E-state index contributed by atoms with van der Waals surface area (Å²) >= 11 is 0. The maximum absolute atomic E-state index is 4.58. The van der Waals surface area contributed by atoms with Gasteiger partial charge < -0.3 is 10.2 Å². The summed E-state index contributed by atoms with van der Waals surface area (Å²) in [4.78, 5) is 9.73. The van der Waals surface area contributed by atoms with Crippen molar-refractivity contribution in [2.75, 3.05) is 38.1 Å². The highest BCUT2D eigenvalue weighted by Gasteiger charge is 2.29. The number of nitrogens with one attached hydrogen (secondary N) is 1. The summed E-state index contributed by atoms with van der Waals surface area (Å²) in [7, 11) is 1.99. The second-order valence-corrected chi connectivity index (χ2v) is 5.68. The van der Waals surface area contributed by atoms with Gasteiger partial charge in [-0.2, -0.15) is 0 Å². The number of nitrogens with zero attached hydrogens (tertiary/aromatic N) is 3. The molecule has 0 aromatic carbocycles. The Morgan fingerprint density at radius 1 is 1.32 bits per heavy atom. The van der Waals surface area contributed by atoms with Gasteiger partial charge in [-0.1, -0.05) is 0 Å². The molecule has 0 saturated carbocycles. The van der Waals surface area contributed by atoms with Crippen molar-refractivity contribution in [2.24, 2.45) is 0 Å². The average molecular weight is 260 g/mol. The predicted octanol–water partition coefficient (Wildman–Crippen LogP) is 1.48. The Kier molecular flexibility index (Phi) is 3.99. The summed E-state index contributed by atoms with van der Waals surface area (Å²) in [5.41, 5.74) is 1.32. The van der Waals surface area contributed by atoms with Gasteiger partial charge >= 0.3 is 0 Å². The summed E-state index contributed by atoms with van der Waals surface area (Å²) in [6, 6.07) is 5.08. The lowest BCUT2D eigenvalue weighted by molar-refractivity contribution is 0.273. The zero-order valence-corrected chi connectivity index (χ0v) is 11.8. The zero-order valence-electron chi connectivity index (χ0n) is 11.8. The van der Waals surface area contributed by atoms with E-state index in [1.165, 1.54) is 37.9 Å². The first-order valence-electron chi connectivity index (χ1n) is 7.45. The zero-order chi connectivity index (χ0) is 13.1. The number of hydrogen-bond acceptors (Lipinski definition) is 4. The maximum Gasteiger partial charge on any atom is 0.128 e. The number of fused-ring (bicyclic) bond motifs is 1. The Morgan fingerprint density at radius 2 is 2.21 bits per heavy atom. The van der Waals surface area contributed by atoms with Crippen molar-refractivity contribution in [3.8, 4) is 0 Å². The van der Waals surface area contributed by atoms with Crippen molar-refractivity contribution in [2.45, 2.75) is 31.8 Å². The van der Waals surface area contributed by atoms with Crippen LogP contribution in [0.15, 0.2) is 18.3 Å². The number of hydrogen-bond donors (Lipinski definition) is 1. The molecule has 2 fully saturated rings. The van der Waals surface area contributed by atoms with Crippen LogP contribution in [0.3, 0.4) is 0 Å². The highest BCUT2D eigenvalue weighted by molar-refractivity contribution is 5.41. The average Bonchev–Trinajstić information content (AvgIpc) is 2.77. The Balaban J connectivity index is 1.75. The number of aromatic nitrogens is 1. The Hall–Kier alpha value is -1.13. The molecule has 0 spiro atoms. The van der Waals surface area contributed by atoms with Gasteiger partial charge in [0, 0.05) is 38.4 Å². The van der Waals surface area contributed by atoms with Crippen LogP contribution in [-0.4, -0.2) is 49.2 Å². The first-order valence-corrected chi connectivity index (χ1v) is 7.45. The molecular formula is C15H24N4. The lowest BCUT2D eigenvalue weighted by Crippen LogP contribution is -2.37. The third-order valence-electron chi connectivity index (χ3n) is 4.32. The minimum Gasteiger partial charge on any atom is -0.355 e. The number of anilines is 1. The highest BCUT2D eigenvalue weighted by atomic mass is 15.3. The first-order chi connectivity index (χ1) is 9.36. The monoisotopic (exact) mass is 260 g/mol. The van der Waals surface area contributed by atoms with Gasteiger partial charge in [0.25, 0.3) is 0 Å². The quantitative estimate of drug-likeness (QED) is 0.892. The molecule has 1 N–H and O–H groups in total. The van der Waals surface area contributed by atoms with Gasteiger partial charge in [0.2, 0.25) is 0 Å². The minimum absolute atomic E-state index is 0.747. The molecule has 2 aliphatic rings. The van der Waals surface area contributed by atoms with Crippen molar-refractivity contribution in [1.29, 1.82) is 0 Å². The van der Waals surface area contributed by atoms with E-state index in [-0.39, 0.29) is 0 Å². The Bertz CT molecular complexity index is 420. The lowest BCUT2D eigenvalue weighted by atomic mass is 10.2. The van der Waals surface area contributed by atoms with Crippen LogP contribution in [0, 0.1) is 0 Å². The number of pyridine rings is 1. The molecule has 104 valence electrons. The highest BCUT2D eigenvalue weighted by Crippen LogP contribution is 2.24. The molecule has 19 heavy (non-hydrogen) atoms. The summed E-state index contributed by atoms with van der Waals surface area (Å²) in [6.07, 6.45) is 5.92. The van der Waals surface area contributed by atoms with Crippen molar-refractivity contribution < 1.29 is 0 Å². The molecule has 4 heteroatoms. The van der Waals surface area contributed by atoms with Crippen LogP contribution in [0.4, 0.5) is 5.82 Å². The Labute approximate surface area is 115 Å². The minimum atomic E-state index is 0.747. The van der Waals surface area contributed by atoms with Gasteiger partial charge in [-0.3, -0.25) is 4.90 Å². The molecule has 1 atom stereocenters. The van der Waals surface area contributed by atoms with E-state index in [1.54, 1.807) is 0 Å². The molecule has 4 nitrogen and oxygen atoms in total. The molecule has 0 aliphatic carbocycles. The van der Waals surface area contributed by atoms with Crippen LogP contribution in [-0.2, 0) is 6.54 Å². The summed E-state index contributed by atoms with van der Waals surface area (Å²) in [5.74, 6) is 1.15. The molecule has 1 unspecified atom stereocenters. The molecule has 3 rings (SSSR count). The summed E-state index contributed by atoms with van der Waals surface area (Å²) in [6.45, 7) is 5.76. The van der Waals surface area contributed by atoms with Crippen molar-refractivity contribution in [3.63, 3.8) is 0 Å². The second-order valence-electron chi connectivity index (χ2n) is 5.68. The van der Waals surface area contributed by atoms with Crippen LogP contribution in [0.5, 0.6) is 0 Å². The van der Waals surface area contributed by atoms with E-state index in [4.69, 9.17) is 0 Å². The van der Waals surface area contributed by atoms with Gasteiger partial charge in [0.15, 0.2) is 0 Å². The van der Waals surface area contributed by atoms with E-state index < -0.39 is 0 Å². The van der Waals surface area contributed by atoms with Gasteiger partial charge in [0.1, 0.15) is 5.82 Å². The normalized spacial score (nSPS) is 24.3. The summed E-state index contributed by atoms with van der Waals surface area (Å²) in [5, 5.41) is 3.21. The molecular weight excluding hydrogens is 236 g/mol. The standard InChI is InChI=1S/C15H24N4/c1-16-11-13-5-6-17-15(10-13)19-9-3-8-18-7-2-4-14(18)12-19/h5-6,10,14,16H,2-4,7-9,11-12H2,1H3. The van der Waals surface area contributed by atoms with Crippen molar-refractivity contribution in [1.82, 2.24) is 15.2 Å². The third kappa shape index (κ3) is 2.90. The molecule has 0 radical (unpaired) electrons. The van der Waals surface area contributed by atoms with Gasteiger partial charge in [0.05, 0.1) is 0 Å². The van der Waals surface area contributed by atoms with Crippen LogP contribution >= 0.6 is 0 Å². The Morgan fingerprint density at radius 3 is 3.11 bits per heavy atom. The van der Waals surface area contributed by atoms with Crippen molar-refractivity contribution in [3.05, 3.63) is 23.9 Å². The van der Waals surface area contributed by atoms with E-state index in [1.807, 2.05) is 13.2 Å². The molecule has 2 saturated heterocycles. The van der Waals surface area contributed by atoms with Gasteiger partial charge in [-0.15, -0.1) is 0 Å². The van der Waals surface area contributed by atoms with Crippen LogP contribution in [0.2, 0.25) is 0 Å². The topological polar surface area (TPSA) is 31.4 Å². The van der Waals surface area contributed by atoms with Crippen molar-refractivity contribution >= 4 is 5.82 Å². The molecule has 1 aromatic heterocycles. The smallest absolute Gasteiger partial charge is 0.128 e. The summed E-state index contributed by atoms with van der Waals surface area (Å²) < 4.78 is 0. The predicted molar refractivity (Wildman–Crippen MR) is 78.4 cm³/mol. The lowest BCUT2D eigenvalue weighted by Gasteiger charge is -2.26. The molecule has 0 bridgehead atoms. The van der Waals surface area contributed by atoms with Crippen LogP contribution in [0.25, 0.3) is 0 Å². The first kappa shape index (κ1) is 12.9. The maximum atomic E-state index is 4.58. The molecule has 0 amide bonds. The number of rotatable bonds is 3. The molecule has 2 aliphatic heterocycles. The van der Waals surface area contributed by atoms with Gasteiger partial charge in [-0.25, -0.2) is 4.98 Å². The largest absolute Gasteiger partial charge is 0.355 e. The van der Waals surface area contributed by atoms with E-state index in [9.17, 15) is 0 Å². The third-order valence-corrected chi connectivity index (χ3v) is 4.32. The second kappa shape index (κ2) is 5.88. The van der Waals surface area contributed by atoms with Crippen LogP contribution in [0.1, 0.15) is 24.8 Å². The fraction of sp³-hybridized carbons (Fsp3) is 0.667. The SMILES string of the molecule is CNCc1ccnc(N2CCCN3CCCC3C2)c1. The molecule has 3 heterocycles. The van der Waals surface area contributed by atoms with Crippen LogP contribution < -0.4 is 10.2 Å². The van der Waals surface area contributed by atoms with E-state index in [0.29, 0.717) is 0 Å². The van der Waals surface area contributed by atoms with Gasteiger partial charge in [-0.05, 0) is 50.6 Å². The van der Waals surface area contributed by atoms with E-state index >= 15 is 0 Å². The fourth-order valence-corrected chi connectivity index (χ4v) is 3.36. The van der Waals surface area contributed by atoms with E-state index in [0.717, 1.165) is 31.5 Å². The fourth-order valence-electron chi connectivity index (χ4n) is 3.36.